The fourth-order valence-corrected chi connectivity index (χ4v) is 3.52. The van der Waals surface area contributed by atoms with Crippen molar-refractivity contribution >= 4 is 0 Å². The summed E-state index contributed by atoms with van der Waals surface area (Å²) in [4.78, 5) is 0. The standard InChI is InChI=1S/C23H28F4/c1-4-6-7-8-9-10-16(5-2)17-11-13-18(14-12-17)19-22(26)20(24)15(3)21(25)23(19)27/h11-14,16H,4-10H2,1-3H3. The fraction of sp³-hybridized carbons (Fsp3) is 0.478. The van der Waals surface area contributed by atoms with Gasteiger partial charge in [-0.15, -0.1) is 0 Å². The zero-order valence-electron chi connectivity index (χ0n) is 16.3. The van der Waals surface area contributed by atoms with Crippen LogP contribution in [0, 0.1) is 30.2 Å². The Labute approximate surface area is 159 Å². The van der Waals surface area contributed by atoms with Gasteiger partial charge >= 0.3 is 0 Å². The van der Waals surface area contributed by atoms with Crippen LogP contribution in [-0.4, -0.2) is 0 Å². The molecule has 1 atom stereocenters. The Hall–Kier alpha value is -1.84. The number of halogens is 4. The SMILES string of the molecule is CCCCCCCC(CC)c1ccc(-c2c(F)c(F)c(C)c(F)c2F)cc1. The van der Waals surface area contributed by atoms with E-state index in [-0.39, 0.29) is 5.56 Å². The van der Waals surface area contributed by atoms with Crippen molar-refractivity contribution in [2.45, 2.75) is 71.6 Å². The van der Waals surface area contributed by atoms with Crippen molar-refractivity contribution in [1.29, 1.82) is 0 Å². The molecule has 0 aliphatic heterocycles. The summed E-state index contributed by atoms with van der Waals surface area (Å²) in [6.07, 6.45) is 8.12. The van der Waals surface area contributed by atoms with Crippen LogP contribution < -0.4 is 0 Å². The number of hydrogen-bond donors (Lipinski definition) is 0. The molecule has 1 unspecified atom stereocenters. The van der Waals surface area contributed by atoms with Crippen molar-refractivity contribution in [2.75, 3.05) is 0 Å². The van der Waals surface area contributed by atoms with E-state index in [0.29, 0.717) is 5.92 Å². The summed E-state index contributed by atoms with van der Waals surface area (Å²) >= 11 is 0. The van der Waals surface area contributed by atoms with E-state index in [1.165, 1.54) is 25.7 Å². The first-order valence-corrected chi connectivity index (χ1v) is 9.85. The first-order chi connectivity index (χ1) is 12.9. The Bertz CT molecular complexity index is 721. The van der Waals surface area contributed by atoms with Crippen LogP contribution in [-0.2, 0) is 0 Å². The minimum Gasteiger partial charge on any atom is -0.203 e. The topological polar surface area (TPSA) is 0 Å². The van der Waals surface area contributed by atoms with Crippen molar-refractivity contribution in [3.8, 4) is 11.1 Å². The second-order valence-corrected chi connectivity index (χ2v) is 7.19. The van der Waals surface area contributed by atoms with Crippen molar-refractivity contribution in [2.24, 2.45) is 0 Å². The maximum atomic E-state index is 14.2. The minimum absolute atomic E-state index is 0.143. The van der Waals surface area contributed by atoms with Gasteiger partial charge in [0.15, 0.2) is 23.3 Å². The van der Waals surface area contributed by atoms with Gasteiger partial charge in [0.05, 0.1) is 5.56 Å². The summed E-state index contributed by atoms with van der Waals surface area (Å²) in [5.74, 6) is -5.00. The highest BCUT2D eigenvalue weighted by Gasteiger charge is 2.24. The van der Waals surface area contributed by atoms with Gasteiger partial charge in [0.2, 0.25) is 0 Å². The molecule has 2 aromatic rings. The van der Waals surface area contributed by atoms with Gasteiger partial charge in [0, 0.05) is 5.56 Å². The van der Waals surface area contributed by atoms with Crippen molar-refractivity contribution in [3.63, 3.8) is 0 Å². The molecular formula is C23H28F4. The van der Waals surface area contributed by atoms with Gasteiger partial charge < -0.3 is 0 Å². The molecule has 0 bridgehead atoms. The molecule has 4 heteroatoms. The average Bonchev–Trinajstić information content (AvgIpc) is 2.68. The molecule has 148 valence electrons. The molecule has 0 fully saturated rings. The number of hydrogen-bond acceptors (Lipinski definition) is 0. The number of benzene rings is 2. The summed E-state index contributed by atoms with van der Waals surface area (Å²) in [7, 11) is 0. The van der Waals surface area contributed by atoms with E-state index in [0.717, 1.165) is 31.7 Å². The average molecular weight is 380 g/mol. The lowest BCUT2D eigenvalue weighted by atomic mass is 9.89. The molecule has 0 saturated carbocycles. The quantitative estimate of drug-likeness (QED) is 0.234. The van der Waals surface area contributed by atoms with E-state index in [2.05, 4.69) is 13.8 Å². The monoisotopic (exact) mass is 380 g/mol. The van der Waals surface area contributed by atoms with Gasteiger partial charge in [0.1, 0.15) is 0 Å². The highest BCUT2D eigenvalue weighted by atomic mass is 19.2. The summed E-state index contributed by atoms with van der Waals surface area (Å²) in [6.45, 7) is 5.33. The molecule has 0 amide bonds. The molecule has 0 heterocycles. The van der Waals surface area contributed by atoms with Crippen molar-refractivity contribution in [3.05, 3.63) is 58.7 Å². The minimum atomic E-state index is -1.35. The third-order valence-electron chi connectivity index (χ3n) is 5.30. The van der Waals surface area contributed by atoms with Gasteiger partial charge in [-0.25, -0.2) is 17.6 Å². The summed E-state index contributed by atoms with van der Waals surface area (Å²) < 4.78 is 56.1. The predicted molar refractivity (Wildman–Crippen MR) is 103 cm³/mol. The van der Waals surface area contributed by atoms with Gasteiger partial charge in [-0.1, -0.05) is 70.2 Å². The Kier molecular flexibility index (Phi) is 7.88. The van der Waals surface area contributed by atoms with E-state index in [4.69, 9.17) is 0 Å². The van der Waals surface area contributed by atoms with Crippen LogP contribution in [0.15, 0.2) is 24.3 Å². The van der Waals surface area contributed by atoms with Crippen LogP contribution in [0.3, 0.4) is 0 Å². The van der Waals surface area contributed by atoms with Crippen molar-refractivity contribution in [1.82, 2.24) is 0 Å². The smallest absolute Gasteiger partial charge is 0.170 e. The summed E-state index contributed by atoms with van der Waals surface area (Å²) in [5, 5.41) is 0. The Morgan fingerprint density at radius 1 is 0.741 bits per heavy atom. The number of unbranched alkanes of at least 4 members (excludes halogenated alkanes) is 4. The lowest BCUT2D eigenvalue weighted by Gasteiger charge is -2.16. The van der Waals surface area contributed by atoms with Gasteiger partial charge in [-0.3, -0.25) is 0 Å². The zero-order chi connectivity index (χ0) is 20.0. The normalized spacial score (nSPS) is 12.4. The number of rotatable bonds is 9. The van der Waals surface area contributed by atoms with Crippen LogP contribution in [0.25, 0.3) is 11.1 Å². The highest BCUT2D eigenvalue weighted by molar-refractivity contribution is 5.66. The maximum absolute atomic E-state index is 14.2. The third-order valence-corrected chi connectivity index (χ3v) is 5.30. The first-order valence-electron chi connectivity index (χ1n) is 9.85. The summed E-state index contributed by atoms with van der Waals surface area (Å²) in [6, 6.07) is 6.71. The predicted octanol–water partition coefficient (Wildman–Crippen LogP) is 8.07. The van der Waals surface area contributed by atoms with E-state index in [1.807, 2.05) is 12.1 Å². The van der Waals surface area contributed by atoms with E-state index in [9.17, 15) is 17.6 Å². The van der Waals surface area contributed by atoms with E-state index >= 15 is 0 Å². The molecule has 27 heavy (non-hydrogen) atoms. The molecule has 2 aromatic carbocycles. The molecular weight excluding hydrogens is 352 g/mol. The molecule has 0 saturated heterocycles. The largest absolute Gasteiger partial charge is 0.203 e. The first kappa shape index (κ1) is 21.5. The van der Waals surface area contributed by atoms with Gasteiger partial charge in [-0.05, 0) is 36.8 Å². The molecule has 2 rings (SSSR count). The fourth-order valence-electron chi connectivity index (χ4n) is 3.52. The van der Waals surface area contributed by atoms with Crippen LogP contribution in [0.4, 0.5) is 17.6 Å². The second-order valence-electron chi connectivity index (χ2n) is 7.19. The molecule has 0 aliphatic rings. The Balaban J connectivity index is 2.20. The Morgan fingerprint density at radius 2 is 1.30 bits per heavy atom. The zero-order valence-corrected chi connectivity index (χ0v) is 16.3. The van der Waals surface area contributed by atoms with Gasteiger partial charge in [0.25, 0.3) is 0 Å². The van der Waals surface area contributed by atoms with E-state index in [1.54, 1.807) is 12.1 Å². The highest BCUT2D eigenvalue weighted by Crippen LogP contribution is 2.33. The van der Waals surface area contributed by atoms with Gasteiger partial charge in [-0.2, -0.15) is 0 Å². The molecule has 0 aromatic heterocycles. The lowest BCUT2D eigenvalue weighted by Crippen LogP contribution is -2.03. The third kappa shape index (κ3) is 4.91. The molecule has 0 aliphatic carbocycles. The van der Waals surface area contributed by atoms with Crippen LogP contribution in [0.2, 0.25) is 0 Å². The maximum Gasteiger partial charge on any atom is 0.170 e. The Morgan fingerprint density at radius 3 is 1.81 bits per heavy atom. The second kappa shape index (κ2) is 9.91. The lowest BCUT2D eigenvalue weighted by molar-refractivity contribution is 0.449. The van der Waals surface area contributed by atoms with Crippen LogP contribution in [0.5, 0.6) is 0 Å². The molecule has 0 nitrogen and oxygen atoms in total. The molecule has 0 radical (unpaired) electrons. The molecule has 0 spiro atoms. The van der Waals surface area contributed by atoms with Crippen LogP contribution >= 0.6 is 0 Å². The van der Waals surface area contributed by atoms with E-state index < -0.39 is 34.4 Å². The van der Waals surface area contributed by atoms with Crippen LogP contribution in [0.1, 0.15) is 75.8 Å². The van der Waals surface area contributed by atoms with Crippen molar-refractivity contribution < 1.29 is 17.6 Å². The summed E-state index contributed by atoms with van der Waals surface area (Å²) in [5.41, 5.74) is -0.0517. The molecule has 0 N–H and O–H groups in total.